The van der Waals surface area contributed by atoms with Gasteiger partial charge in [0.05, 0.1) is 0 Å². The smallest absolute Gasteiger partial charge is 0.337 e. The Balaban J connectivity index is 2.75. The average Bonchev–Trinajstić information content (AvgIpc) is 2.14. The van der Waals surface area contributed by atoms with Crippen LogP contribution in [-0.2, 0) is 4.79 Å². The van der Waals surface area contributed by atoms with Gasteiger partial charge >= 0.3 is 12.3 Å². The highest BCUT2D eigenvalue weighted by Gasteiger charge is 2.52. The van der Waals surface area contributed by atoms with Crippen molar-refractivity contribution in [1.82, 2.24) is 4.90 Å². The van der Waals surface area contributed by atoms with E-state index in [2.05, 4.69) is 0 Å². The lowest BCUT2D eigenvalue weighted by atomic mass is 9.84. The topological polar surface area (TPSA) is 20.3 Å². The normalized spacial score (nSPS) is 21.3. The SMILES string of the molecule is CC1(C)CCCN(C(=O)C(F)(F)C(F)F)C1. The maximum Gasteiger partial charge on any atom is 0.383 e. The van der Waals surface area contributed by atoms with Crippen molar-refractivity contribution < 1.29 is 22.4 Å². The van der Waals surface area contributed by atoms with Crippen LogP contribution in [0, 0.1) is 5.41 Å². The van der Waals surface area contributed by atoms with E-state index in [9.17, 15) is 22.4 Å². The Labute approximate surface area is 91.6 Å². The van der Waals surface area contributed by atoms with Gasteiger partial charge in [-0.05, 0) is 18.3 Å². The summed E-state index contributed by atoms with van der Waals surface area (Å²) in [6.45, 7) is 3.89. The number of likely N-dealkylation sites (tertiary alicyclic amines) is 1. The first-order valence-corrected chi connectivity index (χ1v) is 5.12. The maximum atomic E-state index is 12.8. The Hall–Kier alpha value is -0.810. The van der Waals surface area contributed by atoms with Crippen LogP contribution in [0.3, 0.4) is 0 Å². The van der Waals surface area contributed by atoms with Gasteiger partial charge in [-0.2, -0.15) is 8.78 Å². The molecular weight excluding hydrogens is 226 g/mol. The van der Waals surface area contributed by atoms with Crippen LogP contribution in [0.1, 0.15) is 26.7 Å². The van der Waals surface area contributed by atoms with Crippen molar-refractivity contribution in [3.05, 3.63) is 0 Å². The van der Waals surface area contributed by atoms with E-state index in [1.807, 2.05) is 13.8 Å². The molecule has 1 amide bonds. The highest BCUT2D eigenvalue weighted by atomic mass is 19.3. The van der Waals surface area contributed by atoms with Gasteiger partial charge in [0.2, 0.25) is 0 Å². The van der Waals surface area contributed by atoms with Crippen LogP contribution in [0.4, 0.5) is 17.6 Å². The highest BCUT2D eigenvalue weighted by Crippen LogP contribution is 2.32. The second-order valence-electron chi connectivity index (χ2n) is 4.92. The molecule has 0 spiro atoms. The lowest BCUT2D eigenvalue weighted by molar-refractivity contribution is -0.183. The number of nitrogens with zero attached hydrogens (tertiary/aromatic N) is 1. The number of carbonyl (C=O) groups excluding carboxylic acids is 1. The van der Waals surface area contributed by atoms with Gasteiger partial charge in [-0.15, -0.1) is 0 Å². The van der Waals surface area contributed by atoms with Crippen molar-refractivity contribution in [2.24, 2.45) is 5.41 Å². The minimum Gasteiger partial charge on any atom is -0.337 e. The van der Waals surface area contributed by atoms with Crippen LogP contribution < -0.4 is 0 Å². The Bertz CT molecular complexity index is 278. The Morgan fingerprint density at radius 3 is 2.38 bits per heavy atom. The van der Waals surface area contributed by atoms with E-state index in [-0.39, 0.29) is 18.5 Å². The molecule has 1 aliphatic rings. The number of rotatable bonds is 2. The summed E-state index contributed by atoms with van der Waals surface area (Å²) in [6, 6.07) is 0. The summed E-state index contributed by atoms with van der Waals surface area (Å²) < 4.78 is 49.7. The molecule has 0 unspecified atom stereocenters. The van der Waals surface area contributed by atoms with Crippen LogP contribution in [0.25, 0.3) is 0 Å². The summed E-state index contributed by atoms with van der Waals surface area (Å²) in [7, 11) is 0. The van der Waals surface area contributed by atoms with Crippen LogP contribution in [0.5, 0.6) is 0 Å². The van der Waals surface area contributed by atoms with E-state index < -0.39 is 18.3 Å². The monoisotopic (exact) mass is 241 g/mol. The first-order valence-electron chi connectivity index (χ1n) is 5.12. The van der Waals surface area contributed by atoms with Crippen molar-refractivity contribution in [3.63, 3.8) is 0 Å². The van der Waals surface area contributed by atoms with Gasteiger partial charge in [0.15, 0.2) is 0 Å². The summed E-state index contributed by atoms with van der Waals surface area (Å²) >= 11 is 0. The lowest BCUT2D eigenvalue weighted by Gasteiger charge is -2.39. The number of amides is 1. The fraction of sp³-hybridized carbons (Fsp3) is 0.900. The minimum absolute atomic E-state index is 0.105. The molecule has 1 heterocycles. The third-order valence-corrected chi connectivity index (χ3v) is 2.75. The fourth-order valence-electron chi connectivity index (χ4n) is 1.90. The molecule has 1 fully saturated rings. The number of halogens is 4. The molecule has 94 valence electrons. The molecule has 0 radical (unpaired) electrons. The third-order valence-electron chi connectivity index (χ3n) is 2.75. The second-order valence-corrected chi connectivity index (χ2v) is 4.92. The molecule has 0 atom stereocenters. The molecule has 16 heavy (non-hydrogen) atoms. The zero-order chi connectivity index (χ0) is 12.6. The van der Waals surface area contributed by atoms with E-state index >= 15 is 0 Å². The maximum absolute atomic E-state index is 12.8. The summed E-state index contributed by atoms with van der Waals surface area (Å²) in [5.41, 5.74) is -0.286. The summed E-state index contributed by atoms with van der Waals surface area (Å²) in [5, 5.41) is 0. The first kappa shape index (κ1) is 13.3. The molecule has 0 aromatic carbocycles. The van der Waals surface area contributed by atoms with Gasteiger partial charge in [-0.25, -0.2) is 8.78 Å². The largest absolute Gasteiger partial charge is 0.383 e. The van der Waals surface area contributed by atoms with Gasteiger partial charge in [0.1, 0.15) is 0 Å². The average molecular weight is 241 g/mol. The number of hydrogen-bond acceptors (Lipinski definition) is 1. The Kier molecular flexibility index (Phi) is 3.50. The molecular formula is C10H15F4NO. The minimum atomic E-state index is -4.56. The van der Waals surface area contributed by atoms with Crippen LogP contribution in [0.15, 0.2) is 0 Å². The standard InChI is InChI=1S/C10H15F4NO/c1-9(2)4-3-5-15(6-9)8(16)10(13,14)7(11)12/h7H,3-6H2,1-2H3. The van der Waals surface area contributed by atoms with E-state index in [1.54, 1.807) is 0 Å². The molecule has 2 nitrogen and oxygen atoms in total. The molecule has 0 N–H and O–H groups in total. The molecule has 1 rings (SSSR count). The van der Waals surface area contributed by atoms with E-state index in [1.165, 1.54) is 0 Å². The number of piperidine rings is 1. The Morgan fingerprint density at radius 1 is 1.38 bits per heavy atom. The van der Waals surface area contributed by atoms with Crippen LogP contribution in [0.2, 0.25) is 0 Å². The van der Waals surface area contributed by atoms with Crippen molar-refractivity contribution >= 4 is 5.91 Å². The predicted octanol–water partition coefficient (Wildman–Crippen LogP) is 2.54. The molecule has 1 saturated heterocycles. The van der Waals surface area contributed by atoms with Crippen LogP contribution >= 0.6 is 0 Å². The third kappa shape index (κ3) is 2.65. The number of alkyl halides is 4. The lowest BCUT2D eigenvalue weighted by Crippen LogP contribution is -2.52. The quantitative estimate of drug-likeness (QED) is 0.680. The van der Waals surface area contributed by atoms with E-state index in [0.717, 1.165) is 11.3 Å². The zero-order valence-electron chi connectivity index (χ0n) is 9.27. The molecule has 0 aliphatic carbocycles. The van der Waals surface area contributed by atoms with Crippen molar-refractivity contribution in [2.45, 2.75) is 39.0 Å². The molecule has 0 saturated carbocycles. The summed E-state index contributed by atoms with van der Waals surface area (Å²) in [5.74, 6) is -6.32. The summed E-state index contributed by atoms with van der Waals surface area (Å²) in [6.07, 6.45) is -2.57. The number of hydrogen-bond donors (Lipinski definition) is 0. The molecule has 1 aliphatic heterocycles. The van der Waals surface area contributed by atoms with Gasteiger partial charge in [0, 0.05) is 13.1 Å². The molecule has 0 bridgehead atoms. The first-order chi connectivity index (χ1) is 7.17. The molecule has 0 aromatic heterocycles. The van der Waals surface area contributed by atoms with Crippen molar-refractivity contribution in [3.8, 4) is 0 Å². The van der Waals surface area contributed by atoms with E-state index in [4.69, 9.17) is 0 Å². The fourth-order valence-corrected chi connectivity index (χ4v) is 1.90. The highest BCUT2D eigenvalue weighted by molar-refractivity contribution is 5.84. The van der Waals surface area contributed by atoms with Gasteiger partial charge in [-0.3, -0.25) is 4.79 Å². The van der Waals surface area contributed by atoms with Crippen molar-refractivity contribution in [2.75, 3.05) is 13.1 Å². The van der Waals surface area contributed by atoms with E-state index in [0.29, 0.717) is 6.42 Å². The van der Waals surface area contributed by atoms with Crippen LogP contribution in [-0.4, -0.2) is 36.2 Å². The molecule has 6 heteroatoms. The second kappa shape index (κ2) is 4.22. The molecule has 0 aromatic rings. The van der Waals surface area contributed by atoms with Gasteiger partial charge in [0.25, 0.3) is 5.91 Å². The van der Waals surface area contributed by atoms with Gasteiger partial charge < -0.3 is 4.90 Å². The zero-order valence-corrected chi connectivity index (χ0v) is 9.27. The van der Waals surface area contributed by atoms with Crippen molar-refractivity contribution in [1.29, 1.82) is 0 Å². The predicted molar refractivity (Wildman–Crippen MR) is 50.5 cm³/mol. The summed E-state index contributed by atoms with van der Waals surface area (Å²) in [4.78, 5) is 12.1. The Morgan fingerprint density at radius 2 is 1.94 bits per heavy atom. The van der Waals surface area contributed by atoms with Gasteiger partial charge in [-0.1, -0.05) is 13.8 Å². The number of carbonyl (C=O) groups is 1.